The second kappa shape index (κ2) is 9.91. The molecule has 34 heavy (non-hydrogen) atoms. The van der Waals surface area contributed by atoms with Crippen LogP contribution in [0, 0.1) is 0 Å². The van der Waals surface area contributed by atoms with Crippen LogP contribution < -0.4 is 14.5 Å². The first-order valence-corrected chi connectivity index (χ1v) is 11.8. The molecule has 2 saturated heterocycles. The van der Waals surface area contributed by atoms with Crippen LogP contribution in [-0.4, -0.2) is 61.9 Å². The van der Waals surface area contributed by atoms with Crippen molar-refractivity contribution in [2.24, 2.45) is 0 Å². The van der Waals surface area contributed by atoms with E-state index in [0.29, 0.717) is 11.6 Å². The number of benzene rings is 2. The Morgan fingerprint density at radius 2 is 1.82 bits per heavy atom. The number of carbonyl (C=O) groups is 1. The molecule has 2 aliphatic rings. The zero-order valence-electron chi connectivity index (χ0n) is 19.0. The number of halogens is 1. The van der Waals surface area contributed by atoms with Gasteiger partial charge in [0.1, 0.15) is 23.7 Å². The molecule has 0 saturated carbocycles. The topological polar surface area (TPSA) is 58.1 Å². The van der Waals surface area contributed by atoms with E-state index in [1.165, 1.54) is 0 Å². The average Bonchev–Trinajstić information content (AvgIpc) is 3.21. The van der Waals surface area contributed by atoms with E-state index < -0.39 is 0 Å². The summed E-state index contributed by atoms with van der Waals surface area (Å²) in [6.07, 6.45) is 1.15. The van der Waals surface area contributed by atoms with Crippen molar-refractivity contribution in [3.8, 4) is 5.75 Å². The van der Waals surface area contributed by atoms with Gasteiger partial charge in [0.2, 0.25) is 0 Å². The fraction of sp³-hybridized carbons (Fsp3) is 0.308. The molecule has 8 heteroatoms. The van der Waals surface area contributed by atoms with Gasteiger partial charge in [0.25, 0.3) is 0 Å². The molecule has 7 nitrogen and oxygen atoms in total. The molecular formula is C26H27ClN4O3. The van der Waals surface area contributed by atoms with E-state index in [-0.39, 0.29) is 18.2 Å². The average molecular weight is 479 g/mol. The van der Waals surface area contributed by atoms with Crippen LogP contribution in [0.5, 0.6) is 5.75 Å². The molecule has 0 radical (unpaired) electrons. The maximum Gasteiger partial charge on any atom is 0.415 e. The van der Waals surface area contributed by atoms with Crippen molar-refractivity contribution in [1.82, 2.24) is 9.88 Å². The second-order valence-corrected chi connectivity index (χ2v) is 8.90. The molecule has 176 valence electrons. The fourth-order valence-electron chi connectivity index (χ4n) is 4.68. The highest BCUT2D eigenvalue weighted by Gasteiger charge is 2.44. The number of methoxy groups -OCH3 is 1. The van der Waals surface area contributed by atoms with Crippen molar-refractivity contribution in [2.45, 2.75) is 12.1 Å². The fourth-order valence-corrected chi connectivity index (χ4v) is 4.81. The molecule has 0 N–H and O–H groups in total. The third-order valence-electron chi connectivity index (χ3n) is 6.40. The molecule has 0 unspecified atom stereocenters. The van der Waals surface area contributed by atoms with Crippen LogP contribution in [-0.2, 0) is 4.74 Å². The van der Waals surface area contributed by atoms with Gasteiger partial charge in [-0.05, 0) is 54.1 Å². The number of rotatable bonds is 6. The lowest BCUT2D eigenvalue weighted by atomic mass is 9.99. The van der Waals surface area contributed by atoms with Gasteiger partial charge in [-0.15, -0.1) is 0 Å². The Balaban J connectivity index is 1.37. The smallest absolute Gasteiger partial charge is 0.415 e. The molecule has 3 heterocycles. The summed E-state index contributed by atoms with van der Waals surface area (Å²) in [7, 11) is 1.64. The first kappa shape index (κ1) is 22.5. The number of aromatic nitrogens is 1. The van der Waals surface area contributed by atoms with Crippen molar-refractivity contribution in [2.75, 3.05) is 49.6 Å². The summed E-state index contributed by atoms with van der Waals surface area (Å²) in [5, 5.41) is 0.622. The molecule has 3 aromatic rings. The lowest BCUT2D eigenvalue weighted by Gasteiger charge is -2.37. The van der Waals surface area contributed by atoms with E-state index in [4.69, 9.17) is 21.1 Å². The van der Waals surface area contributed by atoms with Gasteiger partial charge in [0, 0.05) is 49.6 Å². The molecule has 0 bridgehead atoms. The largest absolute Gasteiger partial charge is 0.497 e. The molecule has 1 amide bonds. The minimum Gasteiger partial charge on any atom is -0.497 e. The number of piperazine rings is 1. The number of ether oxygens (including phenoxy) is 2. The minimum atomic E-state index is -0.354. The molecule has 1 aromatic heterocycles. The summed E-state index contributed by atoms with van der Waals surface area (Å²) in [5.41, 5.74) is 1.72. The molecule has 0 aliphatic carbocycles. The van der Waals surface area contributed by atoms with Crippen LogP contribution in [0.4, 0.5) is 16.3 Å². The van der Waals surface area contributed by atoms with Gasteiger partial charge >= 0.3 is 6.09 Å². The van der Waals surface area contributed by atoms with E-state index in [1.54, 1.807) is 24.1 Å². The van der Waals surface area contributed by atoms with Gasteiger partial charge in [-0.1, -0.05) is 29.8 Å². The van der Waals surface area contributed by atoms with Gasteiger partial charge < -0.3 is 14.4 Å². The van der Waals surface area contributed by atoms with Crippen molar-refractivity contribution in [1.29, 1.82) is 0 Å². The number of pyridine rings is 1. The van der Waals surface area contributed by atoms with E-state index in [1.807, 2.05) is 60.8 Å². The van der Waals surface area contributed by atoms with Crippen LogP contribution in [0.3, 0.4) is 0 Å². The zero-order chi connectivity index (χ0) is 23.5. The first-order chi connectivity index (χ1) is 16.6. The molecule has 0 spiro atoms. The lowest BCUT2D eigenvalue weighted by molar-refractivity contribution is 0.0939. The number of nitrogens with zero attached hydrogens (tertiary/aromatic N) is 4. The van der Waals surface area contributed by atoms with E-state index in [2.05, 4.69) is 14.8 Å². The molecular weight excluding hydrogens is 452 g/mol. The van der Waals surface area contributed by atoms with Gasteiger partial charge in [-0.2, -0.15) is 0 Å². The Morgan fingerprint density at radius 3 is 2.53 bits per heavy atom. The lowest BCUT2D eigenvalue weighted by Crippen LogP contribution is -2.49. The molecule has 2 atom stereocenters. The maximum absolute atomic E-state index is 13.1. The highest BCUT2D eigenvalue weighted by Crippen LogP contribution is 2.39. The predicted octanol–water partition coefficient (Wildman–Crippen LogP) is 4.63. The van der Waals surface area contributed by atoms with Crippen molar-refractivity contribution in [3.05, 3.63) is 83.5 Å². The van der Waals surface area contributed by atoms with Crippen LogP contribution in [0.25, 0.3) is 0 Å². The highest BCUT2D eigenvalue weighted by molar-refractivity contribution is 6.30. The molecule has 2 aliphatic heterocycles. The zero-order valence-corrected chi connectivity index (χ0v) is 19.8. The summed E-state index contributed by atoms with van der Waals surface area (Å²) < 4.78 is 11.4. The Kier molecular flexibility index (Phi) is 6.56. The number of amides is 1. The summed E-state index contributed by atoms with van der Waals surface area (Å²) in [6, 6.07) is 20.8. The number of hydrogen-bond acceptors (Lipinski definition) is 6. The SMILES string of the molecule is COc1cccc([C@H]2[C@H](CN3CCN(c4ccccn4)CC3)OC(=O)N2c2ccc(Cl)cc2)c1. The summed E-state index contributed by atoms with van der Waals surface area (Å²) >= 11 is 6.09. The predicted molar refractivity (Wildman–Crippen MR) is 133 cm³/mol. The number of anilines is 2. The summed E-state index contributed by atoms with van der Waals surface area (Å²) in [6.45, 7) is 4.14. The third-order valence-corrected chi connectivity index (χ3v) is 6.66. The highest BCUT2D eigenvalue weighted by atomic mass is 35.5. The van der Waals surface area contributed by atoms with Crippen LogP contribution >= 0.6 is 11.6 Å². The summed E-state index contributed by atoms with van der Waals surface area (Å²) in [5.74, 6) is 1.74. The standard InChI is InChI=1S/C26H27ClN4O3/c1-33-22-6-4-5-19(17-22)25-23(34-26(32)31(25)21-10-8-20(27)9-11-21)18-29-13-15-30(16-14-29)24-7-2-3-12-28-24/h2-12,17,23,25H,13-16,18H2,1H3/t23-,25-/m0/s1. The van der Waals surface area contributed by atoms with Gasteiger partial charge in [-0.3, -0.25) is 9.80 Å². The Bertz CT molecular complexity index is 1120. The van der Waals surface area contributed by atoms with Gasteiger partial charge in [0.15, 0.2) is 0 Å². The van der Waals surface area contributed by atoms with Crippen LogP contribution in [0.1, 0.15) is 11.6 Å². The normalized spacial score (nSPS) is 20.9. The monoisotopic (exact) mass is 478 g/mol. The summed E-state index contributed by atoms with van der Waals surface area (Å²) in [4.78, 5) is 23.9. The Labute approximate surface area is 204 Å². The molecule has 2 fully saturated rings. The molecule has 5 rings (SSSR count). The number of hydrogen-bond donors (Lipinski definition) is 0. The maximum atomic E-state index is 13.1. The van der Waals surface area contributed by atoms with Crippen molar-refractivity contribution in [3.63, 3.8) is 0 Å². The molecule has 2 aromatic carbocycles. The minimum absolute atomic E-state index is 0.280. The van der Waals surface area contributed by atoms with Crippen molar-refractivity contribution >= 4 is 29.2 Å². The van der Waals surface area contributed by atoms with Gasteiger partial charge in [0.05, 0.1) is 7.11 Å². The Morgan fingerprint density at radius 1 is 1.03 bits per heavy atom. The quantitative estimate of drug-likeness (QED) is 0.514. The first-order valence-electron chi connectivity index (χ1n) is 11.4. The Hall–Kier alpha value is -3.29. The van der Waals surface area contributed by atoms with Gasteiger partial charge in [-0.25, -0.2) is 9.78 Å². The van der Waals surface area contributed by atoms with E-state index in [9.17, 15) is 4.79 Å². The number of cyclic esters (lactones) is 1. The van der Waals surface area contributed by atoms with Crippen LogP contribution in [0.15, 0.2) is 72.9 Å². The second-order valence-electron chi connectivity index (χ2n) is 8.47. The van der Waals surface area contributed by atoms with E-state index >= 15 is 0 Å². The number of carbonyl (C=O) groups excluding carboxylic acids is 1. The van der Waals surface area contributed by atoms with Crippen LogP contribution in [0.2, 0.25) is 5.02 Å². The van der Waals surface area contributed by atoms with E-state index in [0.717, 1.165) is 49.0 Å². The third kappa shape index (κ3) is 4.67. The van der Waals surface area contributed by atoms with Crippen molar-refractivity contribution < 1.29 is 14.3 Å².